The zero-order valence-corrected chi connectivity index (χ0v) is 14.0. The van der Waals surface area contributed by atoms with Crippen molar-refractivity contribution in [2.24, 2.45) is 0 Å². The molecule has 2 aromatic heterocycles. The average molecular weight is 377 g/mol. The van der Waals surface area contributed by atoms with E-state index < -0.39 is 37.6 Å². The Balaban J connectivity index is 2.34. The van der Waals surface area contributed by atoms with Crippen LogP contribution in [-0.4, -0.2) is 34.1 Å². The number of aromatic nitrogens is 3. The van der Waals surface area contributed by atoms with Gasteiger partial charge in [-0.05, 0) is 12.1 Å². The van der Waals surface area contributed by atoms with Crippen LogP contribution in [0.2, 0.25) is 0 Å². The lowest BCUT2D eigenvalue weighted by atomic mass is 10.2. The molecule has 0 spiro atoms. The van der Waals surface area contributed by atoms with E-state index in [0.29, 0.717) is 0 Å². The maximum atomic E-state index is 12.0. The highest BCUT2D eigenvalue weighted by molar-refractivity contribution is 7.92. The fourth-order valence-corrected chi connectivity index (χ4v) is 2.81. The fourth-order valence-electron chi connectivity index (χ4n) is 2.32. The number of nitrogens with one attached hydrogen (secondary N) is 2. The summed E-state index contributed by atoms with van der Waals surface area (Å²) in [7, 11) is -3.75. The molecular weight excluding hydrogens is 366 g/mol. The minimum absolute atomic E-state index is 0.0217. The fraction of sp³-hybridized carbons (Fsp3) is 0.0714. The summed E-state index contributed by atoms with van der Waals surface area (Å²) >= 11 is 0. The Morgan fingerprint density at radius 1 is 1.27 bits per heavy atom. The highest BCUT2D eigenvalue weighted by atomic mass is 32.2. The molecular formula is C14H11N5O6S. The second-order valence-electron chi connectivity index (χ2n) is 5.31. The molecule has 0 radical (unpaired) electrons. The van der Waals surface area contributed by atoms with Gasteiger partial charge in [-0.25, -0.2) is 13.4 Å². The molecule has 1 aromatic carbocycles. The van der Waals surface area contributed by atoms with Crippen LogP contribution in [0.25, 0.3) is 16.7 Å². The Morgan fingerprint density at radius 3 is 2.62 bits per heavy atom. The molecule has 11 nitrogen and oxygen atoms in total. The summed E-state index contributed by atoms with van der Waals surface area (Å²) in [4.78, 5) is 40.9. The Kier molecular flexibility index (Phi) is 4.04. The van der Waals surface area contributed by atoms with Crippen molar-refractivity contribution >= 4 is 32.6 Å². The predicted molar refractivity (Wildman–Crippen MR) is 93.1 cm³/mol. The molecule has 0 aliphatic heterocycles. The van der Waals surface area contributed by atoms with Crippen LogP contribution >= 0.6 is 0 Å². The summed E-state index contributed by atoms with van der Waals surface area (Å²) in [5.41, 5.74) is -1.78. The van der Waals surface area contributed by atoms with Gasteiger partial charge in [0.1, 0.15) is 5.69 Å². The Labute approximate surface area is 145 Å². The van der Waals surface area contributed by atoms with Gasteiger partial charge in [0.05, 0.1) is 22.2 Å². The predicted octanol–water partition coefficient (Wildman–Crippen LogP) is 0.354. The van der Waals surface area contributed by atoms with Crippen molar-refractivity contribution in [2.45, 2.75) is 0 Å². The van der Waals surface area contributed by atoms with Gasteiger partial charge in [0, 0.05) is 18.3 Å². The number of rotatable bonds is 4. The van der Waals surface area contributed by atoms with Crippen LogP contribution in [0, 0.1) is 10.1 Å². The van der Waals surface area contributed by atoms with E-state index in [4.69, 9.17) is 0 Å². The summed E-state index contributed by atoms with van der Waals surface area (Å²) < 4.78 is 25.7. The van der Waals surface area contributed by atoms with Crippen LogP contribution in [0.3, 0.4) is 0 Å². The van der Waals surface area contributed by atoms with Gasteiger partial charge in [-0.2, -0.15) is 0 Å². The van der Waals surface area contributed by atoms with E-state index in [-0.39, 0.29) is 16.7 Å². The molecule has 0 aliphatic carbocycles. The maximum absolute atomic E-state index is 12.0. The van der Waals surface area contributed by atoms with Crippen LogP contribution in [0.5, 0.6) is 0 Å². The third-order valence-electron chi connectivity index (χ3n) is 3.35. The van der Waals surface area contributed by atoms with Gasteiger partial charge in [-0.15, -0.1) is 0 Å². The van der Waals surface area contributed by atoms with Gasteiger partial charge < -0.3 is 4.98 Å². The highest BCUT2D eigenvalue weighted by Gasteiger charge is 2.20. The molecule has 0 bridgehead atoms. The first kappa shape index (κ1) is 17.3. The molecule has 26 heavy (non-hydrogen) atoms. The Hall–Kier alpha value is -3.54. The van der Waals surface area contributed by atoms with Gasteiger partial charge in [0.2, 0.25) is 15.8 Å². The molecule has 2 heterocycles. The zero-order chi connectivity index (χ0) is 19.1. The summed E-state index contributed by atoms with van der Waals surface area (Å²) in [6.07, 6.45) is 2.20. The molecule has 0 saturated heterocycles. The topological polar surface area (TPSA) is 157 Å². The van der Waals surface area contributed by atoms with Crippen molar-refractivity contribution in [3.63, 3.8) is 0 Å². The lowest BCUT2D eigenvalue weighted by Crippen LogP contribution is -2.21. The SMILES string of the molecule is CS(=O)(=O)Nc1nc2cc(-n3ccccc3=O)c([N+](=O)[O-])cc2[nH]c1=O. The van der Waals surface area contributed by atoms with E-state index in [0.717, 1.165) is 16.9 Å². The second kappa shape index (κ2) is 6.07. The first-order valence-electron chi connectivity index (χ1n) is 7.04. The van der Waals surface area contributed by atoms with Crippen molar-refractivity contribution in [3.05, 3.63) is 67.4 Å². The van der Waals surface area contributed by atoms with Gasteiger partial charge >= 0.3 is 0 Å². The van der Waals surface area contributed by atoms with Crippen LogP contribution < -0.4 is 15.8 Å². The number of anilines is 1. The third kappa shape index (κ3) is 3.30. The number of sulfonamides is 1. The van der Waals surface area contributed by atoms with E-state index in [1.807, 2.05) is 4.72 Å². The standard InChI is InChI=1S/C14H11N5O6S/c1-26(24,25)17-13-14(21)16-9-7-11(19(22)23)10(6-8(9)15-13)18-5-3-2-4-12(18)20/h2-7H,1H3,(H,15,17)(H,16,21). The van der Waals surface area contributed by atoms with Crippen molar-refractivity contribution in [1.82, 2.24) is 14.5 Å². The zero-order valence-electron chi connectivity index (χ0n) is 13.2. The monoisotopic (exact) mass is 377 g/mol. The number of pyridine rings is 1. The number of hydrogen-bond acceptors (Lipinski definition) is 7. The van der Waals surface area contributed by atoms with Gasteiger partial charge in [-0.3, -0.25) is 29.0 Å². The molecule has 0 atom stereocenters. The number of hydrogen-bond donors (Lipinski definition) is 2. The van der Waals surface area contributed by atoms with E-state index in [2.05, 4.69) is 9.97 Å². The van der Waals surface area contributed by atoms with E-state index >= 15 is 0 Å². The minimum Gasteiger partial charge on any atom is -0.317 e. The van der Waals surface area contributed by atoms with Crippen molar-refractivity contribution in [2.75, 3.05) is 11.0 Å². The molecule has 0 unspecified atom stereocenters. The largest absolute Gasteiger partial charge is 0.317 e. The quantitative estimate of drug-likeness (QED) is 0.490. The molecule has 134 valence electrons. The number of nitrogens with zero attached hydrogens (tertiary/aromatic N) is 3. The number of nitro benzene ring substituents is 1. The van der Waals surface area contributed by atoms with E-state index in [9.17, 15) is 28.1 Å². The number of H-pyrrole nitrogens is 1. The molecule has 0 amide bonds. The summed E-state index contributed by atoms with van der Waals surface area (Å²) in [6, 6.07) is 6.51. The van der Waals surface area contributed by atoms with Crippen LogP contribution in [-0.2, 0) is 10.0 Å². The van der Waals surface area contributed by atoms with Crippen LogP contribution in [0.15, 0.2) is 46.1 Å². The lowest BCUT2D eigenvalue weighted by molar-refractivity contribution is -0.384. The highest BCUT2D eigenvalue weighted by Crippen LogP contribution is 2.26. The second-order valence-corrected chi connectivity index (χ2v) is 7.06. The summed E-state index contributed by atoms with van der Waals surface area (Å²) in [5, 5.41) is 11.4. The molecule has 2 N–H and O–H groups in total. The maximum Gasteiger partial charge on any atom is 0.295 e. The van der Waals surface area contributed by atoms with Crippen molar-refractivity contribution in [1.29, 1.82) is 0 Å². The third-order valence-corrected chi connectivity index (χ3v) is 3.91. The lowest BCUT2D eigenvalue weighted by Gasteiger charge is -2.09. The first-order chi connectivity index (χ1) is 12.2. The average Bonchev–Trinajstić information content (AvgIpc) is 2.54. The van der Waals surface area contributed by atoms with Crippen LogP contribution in [0.1, 0.15) is 0 Å². The molecule has 0 aliphatic rings. The molecule has 3 rings (SSSR count). The number of nitro groups is 1. The smallest absolute Gasteiger partial charge is 0.295 e. The molecule has 12 heteroatoms. The van der Waals surface area contributed by atoms with E-state index in [1.165, 1.54) is 30.5 Å². The first-order valence-corrected chi connectivity index (χ1v) is 8.93. The minimum atomic E-state index is -3.75. The Bertz CT molecular complexity index is 1260. The summed E-state index contributed by atoms with van der Waals surface area (Å²) in [5.74, 6) is -0.486. The normalized spacial score (nSPS) is 11.4. The summed E-state index contributed by atoms with van der Waals surface area (Å²) in [6.45, 7) is 0. The number of aromatic amines is 1. The van der Waals surface area contributed by atoms with Crippen molar-refractivity contribution < 1.29 is 13.3 Å². The molecule has 0 saturated carbocycles. The number of benzene rings is 1. The van der Waals surface area contributed by atoms with E-state index in [1.54, 1.807) is 0 Å². The van der Waals surface area contributed by atoms with Gasteiger partial charge in [-0.1, -0.05) is 6.07 Å². The Morgan fingerprint density at radius 2 is 2.00 bits per heavy atom. The van der Waals surface area contributed by atoms with Gasteiger partial charge in [0.15, 0.2) is 0 Å². The number of fused-ring (bicyclic) bond motifs is 1. The van der Waals surface area contributed by atoms with Gasteiger partial charge in [0.25, 0.3) is 16.8 Å². The molecule has 0 fully saturated rings. The van der Waals surface area contributed by atoms with Crippen molar-refractivity contribution in [3.8, 4) is 5.69 Å². The van der Waals surface area contributed by atoms with Crippen LogP contribution in [0.4, 0.5) is 11.5 Å². The molecule has 3 aromatic rings.